The molecule has 8 nitrogen and oxygen atoms in total. The first-order chi connectivity index (χ1) is 15.0. The number of para-hydroxylation sites is 2. The highest BCUT2D eigenvalue weighted by Gasteiger charge is 2.12. The van der Waals surface area contributed by atoms with Crippen LogP contribution in [0, 0.1) is 0 Å². The maximum absolute atomic E-state index is 12.8. The number of carbonyl (C=O) groups excluding carboxylic acids is 2. The SMILES string of the molecule is COc1ccccc1NC(=NCc1ccncc1)NC(=O)c1ccc(NC(C)=O)cc1. The predicted molar refractivity (Wildman–Crippen MR) is 120 cm³/mol. The van der Waals surface area contributed by atoms with Crippen LogP contribution in [0.1, 0.15) is 22.8 Å². The highest BCUT2D eigenvalue weighted by atomic mass is 16.5. The lowest BCUT2D eigenvalue weighted by atomic mass is 10.2. The molecule has 0 aliphatic heterocycles. The number of hydrogen-bond acceptors (Lipinski definition) is 5. The molecule has 1 aromatic heterocycles. The zero-order chi connectivity index (χ0) is 22.1. The molecule has 0 bridgehead atoms. The van der Waals surface area contributed by atoms with Crippen molar-refractivity contribution in [3.05, 3.63) is 84.2 Å². The summed E-state index contributed by atoms with van der Waals surface area (Å²) >= 11 is 0. The summed E-state index contributed by atoms with van der Waals surface area (Å²) in [6.07, 6.45) is 3.38. The van der Waals surface area contributed by atoms with Crippen LogP contribution in [0.2, 0.25) is 0 Å². The molecule has 0 fully saturated rings. The first-order valence-electron chi connectivity index (χ1n) is 9.57. The minimum atomic E-state index is -0.342. The van der Waals surface area contributed by atoms with Gasteiger partial charge in [-0.1, -0.05) is 12.1 Å². The molecule has 2 amide bonds. The number of methoxy groups -OCH3 is 1. The van der Waals surface area contributed by atoms with E-state index < -0.39 is 0 Å². The van der Waals surface area contributed by atoms with Gasteiger partial charge in [-0.15, -0.1) is 0 Å². The minimum Gasteiger partial charge on any atom is -0.495 e. The van der Waals surface area contributed by atoms with Crippen molar-refractivity contribution in [2.75, 3.05) is 17.7 Å². The first-order valence-corrected chi connectivity index (χ1v) is 9.57. The topological polar surface area (TPSA) is 105 Å². The predicted octanol–water partition coefficient (Wildman–Crippen LogP) is 3.45. The normalized spacial score (nSPS) is 10.8. The Balaban J connectivity index is 1.79. The van der Waals surface area contributed by atoms with Crippen molar-refractivity contribution in [1.29, 1.82) is 0 Å². The second-order valence-corrected chi connectivity index (χ2v) is 6.56. The van der Waals surface area contributed by atoms with E-state index in [2.05, 4.69) is 25.9 Å². The van der Waals surface area contributed by atoms with Gasteiger partial charge >= 0.3 is 0 Å². The van der Waals surface area contributed by atoms with Crippen LogP contribution in [0.25, 0.3) is 0 Å². The molecule has 0 saturated carbocycles. The zero-order valence-electron chi connectivity index (χ0n) is 17.3. The van der Waals surface area contributed by atoms with Crippen molar-refractivity contribution >= 4 is 29.1 Å². The standard InChI is InChI=1S/C23H23N5O3/c1-16(29)26-19-9-7-18(8-10-19)22(30)28-23(25-15-17-11-13-24-14-12-17)27-20-5-3-4-6-21(20)31-2/h3-14H,15H2,1-2H3,(H,26,29)(H2,25,27,28,30). The lowest BCUT2D eigenvalue weighted by Gasteiger charge is -2.14. The third-order valence-electron chi connectivity index (χ3n) is 4.23. The van der Waals surface area contributed by atoms with Gasteiger partial charge in [0.2, 0.25) is 11.9 Å². The van der Waals surface area contributed by atoms with E-state index in [0.29, 0.717) is 29.2 Å². The van der Waals surface area contributed by atoms with E-state index in [1.807, 2.05) is 36.4 Å². The van der Waals surface area contributed by atoms with Crippen molar-refractivity contribution in [2.24, 2.45) is 4.99 Å². The summed E-state index contributed by atoms with van der Waals surface area (Å²) < 4.78 is 5.37. The summed E-state index contributed by atoms with van der Waals surface area (Å²) in [6, 6.07) is 17.6. The van der Waals surface area contributed by atoms with Crippen molar-refractivity contribution in [3.8, 4) is 5.75 Å². The number of carbonyl (C=O) groups is 2. The quantitative estimate of drug-likeness (QED) is 0.421. The number of nitrogens with zero attached hydrogens (tertiary/aromatic N) is 2. The average Bonchev–Trinajstić information content (AvgIpc) is 2.78. The summed E-state index contributed by atoms with van der Waals surface area (Å²) in [5.74, 6) is 0.374. The van der Waals surface area contributed by atoms with E-state index in [0.717, 1.165) is 5.56 Å². The van der Waals surface area contributed by atoms with E-state index in [9.17, 15) is 9.59 Å². The van der Waals surface area contributed by atoms with E-state index in [1.54, 1.807) is 43.8 Å². The molecule has 0 radical (unpaired) electrons. The molecule has 0 spiro atoms. The average molecular weight is 417 g/mol. The Kier molecular flexibility index (Phi) is 7.31. The van der Waals surface area contributed by atoms with Crippen LogP contribution in [0.15, 0.2) is 78.0 Å². The lowest BCUT2D eigenvalue weighted by molar-refractivity contribution is -0.114. The molecule has 158 valence electrons. The molecule has 0 aliphatic carbocycles. The van der Waals surface area contributed by atoms with Crippen LogP contribution in [0.4, 0.5) is 11.4 Å². The van der Waals surface area contributed by atoms with Gasteiger partial charge in [0.05, 0.1) is 19.3 Å². The summed E-state index contributed by atoms with van der Waals surface area (Å²) in [4.78, 5) is 32.5. The fraction of sp³-hybridized carbons (Fsp3) is 0.130. The molecular formula is C23H23N5O3. The third-order valence-corrected chi connectivity index (χ3v) is 4.23. The fourth-order valence-corrected chi connectivity index (χ4v) is 2.73. The van der Waals surface area contributed by atoms with Gasteiger partial charge in [-0.2, -0.15) is 0 Å². The fourth-order valence-electron chi connectivity index (χ4n) is 2.73. The number of benzene rings is 2. The molecule has 0 atom stereocenters. The maximum Gasteiger partial charge on any atom is 0.257 e. The zero-order valence-corrected chi connectivity index (χ0v) is 17.3. The van der Waals surface area contributed by atoms with Crippen LogP contribution in [-0.4, -0.2) is 29.9 Å². The summed E-state index contributed by atoms with van der Waals surface area (Å²) in [5, 5.41) is 8.60. The Labute approximate surface area is 180 Å². The summed E-state index contributed by atoms with van der Waals surface area (Å²) in [6.45, 7) is 1.78. The van der Waals surface area contributed by atoms with Crippen molar-refractivity contribution < 1.29 is 14.3 Å². The molecule has 8 heteroatoms. The highest BCUT2D eigenvalue weighted by Crippen LogP contribution is 2.23. The summed E-state index contributed by atoms with van der Waals surface area (Å²) in [5.41, 5.74) is 2.65. The van der Waals surface area contributed by atoms with Crippen molar-refractivity contribution in [1.82, 2.24) is 10.3 Å². The van der Waals surface area contributed by atoms with Crippen molar-refractivity contribution in [3.63, 3.8) is 0 Å². The van der Waals surface area contributed by atoms with E-state index >= 15 is 0 Å². The largest absolute Gasteiger partial charge is 0.495 e. The van der Waals surface area contributed by atoms with E-state index in [1.165, 1.54) is 6.92 Å². The molecule has 3 N–H and O–H groups in total. The molecule has 0 saturated heterocycles. The van der Waals surface area contributed by atoms with Crippen LogP contribution in [0.5, 0.6) is 5.75 Å². The Morgan fingerprint density at radius 3 is 2.35 bits per heavy atom. The molecule has 31 heavy (non-hydrogen) atoms. The van der Waals surface area contributed by atoms with Crippen LogP contribution in [0.3, 0.4) is 0 Å². The Morgan fingerprint density at radius 1 is 0.968 bits per heavy atom. The Bertz CT molecular complexity index is 1070. The smallest absolute Gasteiger partial charge is 0.257 e. The Hall–Kier alpha value is -4.20. The molecular weight excluding hydrogens is 394 g/mol. The molecule has 0 aliphatic rings. The lowest BCUT2D eigenvalue weighted by Crippen LogP contribution is -2.36. The Morgan fingerprint density at radius 2 is 1.68 bits per heavy atom. The second kappa shape index (κ2) is 10.5. The molecule has 3 rings (SSSR count). The minimum absolute atomic E-state index is 0.177. The number of aromatic nitrogens is 1. The number of nitrogens with one attached hydrogen (secondary N) is 3. The molecule has 2 aromatic carbocycles. The van der Waals surface area contributed by atoms with Crippen molar-refractivity contribution in [2.45, 2.75) is 13.5 Å². The van der Waals surface area contributed by atoms with E-state index in [4.69, 9.17) is 4.74 Å². The number of aliphatic imine (C=N–C) groups is 1. The number of amides is 2. The van der Waals surface area contributed by atoms with Gasteiger partial charge in [-0.3, -0.25) is 19.9 Å². The monoisotopic (exact) mass is 417 g/mol. The number of ether oxygens (including phenoxy) is 1. The molecule has 0 unspecified atom stereocenters. The molecule has 1 heterocycles. The van der Waals surface area contributed by atoms with Gasteiger partial charge in [0.25, 0.3) is 5.91 Å². The third kappa shape index (κ3) is 6.40. The van der Waals surface area contributed by atoms with E-state index in [-0.39, 0.29) is 17.8 Å². The number of hydrogen-bond donors (Lipinski definition) is 3. The number of pyridine rings is 1. The first kappa shape index (κ1) is 21.5. The second-order valence-electron chi connectivity index (χ2n) is 6.56. The maximum atomic E-state index is 12.8. The van der Waals surface area contributed by atoms with Gasteiger partial charge in [-0.05, 0) is 54.1 Å². The van der Waals surface area contributed by atoms with Crippen LogP contribution < -0.4 is 20.7 Å². The number of rotatable bonds is 6. The number of anilines is 2. The van der Waals surface area contributed by atoms with Gasteiger partial charge < -0.3 is 15.4 Å². The van der Waals surface area contributed by atoms with Gasteiger partial charge in [0, 0.05) is 30.6 Å². The van der Waals surface area contributed by atoms with Crippen LogP contribution in [-0.2, 0) is 11.3 Å². The summed E-state index contributed by atoms with van der Waals surface area (Å²) in [7, 11) is 1.57. The van der Waals surface area contributed by atoms with Gasteiger partial charge in [0.15, 0.2) is 0 Å². The highest BCUT2D eigenvalue weighted by molar-refractivity contribution is 6.10. The number of guanidine groups is 1. The van der Waals surface area contributed by atoms with Gasteiger partial charge in [0.1, 0.15) is 5.75 Å². The molecule has 3 aromatic rings. The van der Waals surface area contributed by atoms with Crippen LogP contribution >= 0.6 is 0 Å². The van der Waals surface area contributed by atoms with Gasteiger partial charge in [-0.25, -0.2) is 4.99 Å².